The summed E-state index contributed by atoms with van der Waals surface area (Å²) in [4.78, 5) is 15.2. The standard InChI is InChI=1S/C12H11N3O2/c1-2-7-15-11(12(16)17)8-10(14-15)9-5-3-4-6-13-9/h2-6,8H,1,7H2,(H,16,17). The highest BCUT2D eigenvalue weighted by atomic mass is 16.4. The molecule has 1 N–H and O–H groups in total. The van der Waals surface area contributed by atoms with Gasteiger partial charge in [0, 0.05) is 12.3 Å². The zero-order valence-electron chi connectivity index (χ0n) is 9.08. The number of aromatic carboxylic acids is 1. The predicted molar refractivity (Wildman–Crippen MR) is 62.6 cm³/mol. The van der Waals surface area contributed by atoms with Crippen LogP contribution >= 0.6 is 0 Å². The number of carboxylic acids is 1. The van der Waals surface area contributed by atoms with Gasteiger partial charge in [-0.2, -0.15) is 5.10 Å². The third-order valence-corrected chi connectivity index (χ3v) is 2.23. The number of nitrogens with zero attached hydrogens (tertiary/aromatic N) is 3. The fourth-order valence-corrected chi connectivity index (χ4v) is 1.49. The quantitative estimate of drug-likeness (QED) is 0.812. The molecule has 2 aromatic heterocycles. The molecule has 17 heavy (non-hydrogen) atoms. The van der Waals surface area contributed by atoms with Gasteiger partial charge < -0.3 is 5.11 Å². The van der Waals surface area contributed by atoms with E-state index in [1.54, 1.807) is 24.4 Å². The summed E-state index contributed by atoms with van der Waals surface area (Å²) in [5, 5.41) is 13.2. The third-order valence-electron chi connectivity index (χ3n) is 2.23. The molecule has 0 fully saturated rings. The Labute approximate surface area is 98.0 Å². The van der Waals surface area contributed by atoms with E-state index in [9.17, 15) is 4.79 Å². The molecule has 0 aliphatic carbocycles. The number of rotatable bonds is 4. The van der Waals surface area contributed by atoms with Crippen molar-refractivity contribution in [2.45, 2.75) is 6.54 Å². The number of carbonyl (C=O) groups is 1. The second-order valence-electron chi connectivity index (χ2n) is 3.41. The molecular formula is C12H11N3O2. The van der Waals surface area contributed by atoms with Gasteiger partial charge in [-0.1, -0.05) is 12.1 Å². The summed E-state index contributed by atoms with van der Waals surface area (Å²) in [6.07, 6.45) is 3.24. The monoisotopic (exact) mass is 229 g/mol. The zero-order chi connectivity index (χ0) is 12.3. The van der Waals surface area contributed by atoms with Gasteiger partial charge >= 0.3 is 5.97 Å². The first-order valence-electron chi connectivity index (χ1n) is 5.06. The number of pyridine rings is 1. The maximum atomic E-state index is 11.0. The van der Waals surface area contributed by atoms with E-state index in [0.29, 0.717) is 17.9 Å². The van der Waals surface area contributed by atoms with Crippen LogP contribution in [0.1, 0.15) is 10.5 Å². The lowest BCUT2D eigenvalue weighted by Gasteiger charge is -1.98. The van der Waals surface area contributed by atoms with Crippen molar-refractivity contribution in [1.82, 2.24) is 14.8 Å². The van der Waals surface area contributed by atoms with Crippen molar-refractivity contribution in [1.29, 1.82) is 0 Å². The van der Waals surface area contributed by atoms with Gasteiger partial charge in [0.05, 0.1) is 12.2 Å². The van der Waals surface area contributed by atoms with Crippen LogP contribution < -0.4 is 0 Å². The smallest absolute Gasteiger partial charge is 0.354 e. The van der Waals surface area contributed by atoms with E-state index in [1.807, 2.05) is 6.07 Å². The predicted octanol–water partition coefficient (Wildman–Crippen LogP) is 1.83. The van der Waals surface area contributed by atoms with Gasteiger partial charge in [-0.05, 0) is 12.1 Å². The third kappa shape index (κ3) is 2.23. The molecule has 0 saturated heterocycles. The molecule has 0 unspecified atom stereocenters. The molecule has 0 atom stereocenters. The Bertz CT molecular complexity index is 546. The fourth-order valence-electron chi connectivity index (χ4n) is 1.49. The number of hydrogen-bond acceptors (Lipinski definition) is 3. The van der Waals surface area contributed by atoms with Crippen LogP contribution in [0.2, 0.25) is 0 Å². The van der Waals surface area contributed by atoms with E-state index in [4.69, 9.17) is 5.11 Å². The van der Waals surface area contributed by atoms with Crippen molar-refractivity contribution < 1.29 is 9.90 Å². The number of aromatic nitrogens is 3. The maximum absolute atomic E-state index is 11.0. The summed E-state index contributed by atoms with van der Waals surface area (Å²) in [5.74, 6) is -1.01. The van der Waals surface area contributed by atoms with Crippen LogP contribution in [0, 0.1) is 0 Å². The second-order valence-corrected chi connectivity index (χ2v) is 3.41. The first-order chi connectivity index (χ1) is 8.22. The van der Waals surface area contributed by atoms with Crippen LogP contribution in [0.25, 0.3) is 11.4 Å². The average Bonchev–Trinajstić information content (AvgIpc) is 2.75. The van der Waals surface area contributed by atoms with Crippen molar-refractivity contribution in [2.24, 2.45) is 0 Å². The lowest BCUT2D eigenvalue weighted by atomic mass is 10.2. The molecule has 0 spiro atoms. The fraction of sp³-hybridized carbons (Fsp3) is 0.0833. The highest BCUT2D eigenvalue weighted by molar-refractivity contribution is 5.87. The topological polar surface area (TPSA) is 68.0 Å². The second kappa shape index (κ2) is 4.61. The van der Waals surface area contributed by atoms with E-state index in [-0.39, 0.29) is 5.69 Å². The number of hydrogen-bond donors (Lipinski definition) is 1. The Hall–Kier alpha value is -2.43. The number of allylic oxidation sites excluding steroid dienone is 1. The molecule has 0 aliphatic heterocycles. The summed E-state index contributed by atoms with van der Waals surface area (Å²) in [7, 11) is 0. The average molecular weight is 229 g/mol. The summed E-state index contributed by atoms with van der Waals surface area (Å²) >= 11 is 0. The minimum atomic E-state index is -1.01. The molecular weight excluding hydrogens is 218 g/mol. The van der Waals surface area contributed by atoms with Crippen molar-refractivity contribution in [3.05, 3.63) is 48.8 Å². The zero-order valence-corrected chi connectivity index (χ0v) is 9.08. The summed E-state index contributed by atoms with van der Waals surface area (Å²) < 4.78 is 1.39. The Morgan fingerprint density at radius 2 is 2.29 bits per heavy atom. The lowest BCUT2D eigenvalue weighted by molar-refractivity contribution is 0.0684. The van der Waals surface area contributed by atoms with E-state index in [1.165, 1.54) is 10.7 Å². The number of carboxylic acid groups (broad SMARTS) is 1. The normalized spacial score (nSPS) is 10.1. The Kier molecular flexibility index (Phi) is 3.00. The van der Waals surface area contributed by atoms with Crippen molar-refractivity contribution in [2.75, 3.05) is 0 Å². The molecule has 2 rings (SSSR count). The largest absolute Gasteiger partial charge is 0.477 e. The Morgan fingerprint density at radius 1 is 1.47 bits per heavy atom. The molecule has 2 heterocycles. The van der Waals surface area contributed by atoms with Gasteiger partial charge in [-0.15, -0.1) is 6.58 Å². The minimum absolute atomic E-state index is 0.130. The maximum Gasteiger partial charge on any atom is 0.354 e. The Balaban J connectivity index is 2.47. The first-order valence-corrected chi connectivity index (χ1v) is 5.06. The van der Waals surface area contributed by atoms with E-state index in [2.05, 4.69) is 16.7 Å². The minimum Gasteiger partial charge on any atom is -0.477 e. The van der Waals surface area contributed by atoms with Crippen LogP contribution in [0.4, 0.5) is 0 Å². The van der Waals surface area contributed by atoms with Crippen LogP contribution in [0.5, 0.6) is 0 Å². The molecule has 0 radical (unpaired) electrons. The Morgan fingerprint density at radius 3 is 2.88 bits per heavy atom. The summed E-state index contributed by atoms with van der Waals surface area (Å²) in [5.41, 5.74) is 1.33. The lowest BCUT2D eigenvalue weighted by Crippen LogP contribution is -2.08. The highest BCUT2D eigenvalue weighted by Crippen LogP contribution is 2.16. The van der Waals surface area contributed by atoms with Crippen LogP contribution in [-0.2, 0) is 6.54 Å². The van der Waals surface area contributed by atoms with Crippen molar-refractivity contribution >= 4 is 5.97 Å². The van der Waals surface area contributed by atoms with Crippen LogP contribution in [0.3, 0.4) is 0 Å². The molecule has 0 aliphatic rings. The first kappa shape index (κ1) is 11.1. The molecule has 0 aromatic carbocycles. The highest BCUT2D eigenvalue weighted by Gasteiger charge is 2.14. The van der Waals surface area contributed by atoms with Gasteiger partial charge in [0.1, 0.15) is 11.4 Å². The van der Waals surface area contributed by atoms with Gasteiger partial charge in [-0.3, -0.25) is 9.67 Å². The van der Waals surface area contributed by atoms with Crippen LogP contribution in [-0.4, -0.2) is 25.8 Å². The van der Waals surface area contributed by atoms with Crippen molar-refractivity contribution in [3.63, 3.8) is 0 Å². The molecule has 86 valence electrons. The molecule has 5 nitrogen and oxygen atoms in total. The SMILES string of the molecule is C=CCn1nc(-c2ccccn2)cc1C(=O)O. The van der Waals surface area contributed by atoms with Gasteiger partial charge in [0.2, 0.25) is 0 Å². The molecule has 2 aromatic rings. The molecule has 0 bridgehead atoms. The van der Waals surface area contributed by atoms with Crippen LogP contribution in [0.15, 0.2) is 43.1 Å². The van der Waals surface area contributed by atoms with Crippen molar-refractivity contribution in [3.8, 4) is 11.4 Å². The van der Waals surface area contributed by atoms with E-state index < -0.39 is 5.97 Å². The summed E-state index contributed by atoms with van der Waals surface area (Å²) in [6.45, 7) is 3.92. The van der Waals surface area contributed by atoms with Gasteiger partial charge in [-0.25, -0.2) is 4.79 Å². The van der Waals surface area contributed by atoms with E-state index >= 15 is 0 Å². The van der Waals surface area contributed by atoms with Gasteiger partial charge in [0.25, 0.3) is 0 Å². The van der Waals surface area contributed by atoms with E-state index in [0.717, 1.165) is 0 Å². The van der Waals surface area contributed by atoms with Gasteiger partial charge in [0.15, 0.2) is 0 Å². The molecule has 5 heteroatoms. The molecule has 0 saturated carbocycles. The molecule has 0 amide bonds. The summed E-state index contributed by atoms with van der Waals surface area (Å²) in [6, 6.07) is 6.91.